The molecule has 0 saturated carbocycles. The molecule has 2 amide bonds. The van der Waals surface area contributed by atoms with E-state index in [9.17, 15) is 9.59 Å². The molecule has 0 bridgehead atoms. The number of hydrazine groups is 1. The van der Waals surface area contributed by atoms with Crippen LogP contribution in [0.5, 0.6) is 5.75 Å². The van der Waals surface area contributed by atoms with Gasteiger partial charge in [-0.3, -0.25) is 20.4 Å². The van der Waals surface area contributed by atoms with Crippen molar-refractivity contribution in [2.75, 3.05) is 6.61 Å². The lowest BCUT2D eigenvalue weighted by Gasteiger charge is -2.10. The minimum Gasteiger partial charge on any atom is -0.484 e. The van der Waals surface area contributed by atoms with Crippen molar-refractivity contribution >= 4 is 22.7 Å². The summed E-state index contributed by atoms with van der Waals surface area (Å²) in [4.78, 5) is 24.4. The average Bonchev–Trinajstić information content (AvgIpc) is 3.02. The summed E-state index contributed by atoms with van der Waals surface area (Å²) in [6, 6.07) is 15.2. The Bertz CT molecular complexity index is 976. The predicted molar refractivity (Wildman–Crippen MR) is 105 cm³/mol. The largest absolute Gasteiger partial charge is 0.484 e. The van der Waals surface area contributed by atoms with E-state index in [4.69, 9.17) is 4.74 Å². The maximum Gasteiger partial charge on any atom is 0.276 e. The van der Waals surface area contributed by atoms with Gasteiger partial charge in [-0.05, 0) is 29.7 Å². The van der Waals surface area contributed by atoms with Crippen molar-refractivity contribution in [2.24, 2.45) is 7.05 Å². The van der Waals surface area contributed by atoms with Gasteiger partial charge in [0.2, 0.25) is 0 Å². The summed E-state index contributed by atoms with van der Waals surface area (Å²) in [7, 11) is 1.87. The number of benzene rings is 2. The van der Waals surface area contributed by atoms with Gasteiger partial charge in [-0.15, -0.1) is 0 Å². The fraction of sp³-hybridized carbons (Fsp3) is 0.238. The molecule has 0 fully saturated rings. The zero-order valence-corrected chi connectivity index (χ0v) is 15.7. The molecule has 0 spiro atoms. The van der Waals surface area contributed by atoms with Crippen LogP contribution in [0.25, 0.3) is 10.9 Å². The fourth-order valence-electron chi connectivity index (χ4n) is 2.86. The first-order valence-electron chi connectivity index (χ1n) is 8.81. The highest BCUT2D eigenvalue weighted by molar-refractivity contribution is 6.07. The second-order valence-electron chi connectivity index (χ2n) is 6.69. The highest BCUT2D eigenvalue weighted by atomic mass is 16.5. The van der Waals surface area contributed by atoms with E-state index in [1.54, 1.807) is 12.3 Å². The van der Waals surface area contributed by atoms with Gasteiger partial charge >= 0.3 is 0 Å². The number of aryl methyl sites for hydroxylation is 1. The van der Waals surface area contributed by atoms with E-state index >= 15 is 0 Å². The van der Waals surface area contributed by atoms with Crippen LogP contribution in [0.3, 0.4) is 0 Å². The maximum atomic E-state index is 12.4. The van der Waals surface area contributed by atoms with Crippen LogP contribution < -0.4 is 15.6 Å². The number of hydrogen-bond acceptors (Lipinski definition) is 3. The fourth-order valence-corrected chi connectivity index (χ4v) is 2.86. The van der Waals surface area contributed by atoms with Gasteiger partial charge in [0.25, 0.3) is 11.8 Å². The van der Waals surface area contributed by atoms with Gasteiger partial charge in [0.05, 0.1) is 5.56 Å². The van der Waals surface area contributed by atoms with Gasteiger partial charge in [-0.2, -0.15) is 0 Å². The molecule has 6 nitrogen and oxygen atoms in total. The highest BCUT2D eigenvalue weighted by Crippen LogP contribution is 2.21. The van der Waals surface area contributed by atoms with Gasteiger partial charge in [0, 0.05) is 24.1 Å². The summed E-state index contributed by atoms with van der Waals surface area (Å²) in [5.74, 6) is 0.194. The molecule has 0 saturated heterocycles. The van der Waals surface area contributed by atoms with Crippen molar-refractivity contribution in [3.8, 4) is 5.75 Å². The predicted octanol–water partition coefficient (Wildman–Crippen LogP) is 3.14. The summed E-state index contributed by atoms with van der Waals surface area (Å²) >= 11 is 0. The van der Waals surface area contributed by atoms with Crippen LogP contribution >= 0.6 is 0 Å². The summed E-state index contributed by atoms with van der Waals surface area (Å²) in [5, 5.41) is 0.827. The highest BCUT2D eigenvalue weighted by Gasteiger charge is 2.14. The van der Waals surface area contributed by atoms with Crippen LogP contribution in [0.15, 0.2) is 54.7 Å². The number of carbonyl (C=O) groups excluding carboxylic acids is 2. The first-order valence-corrected chi connectivity index (χ1v) is 8.81. The van der Waals surface area contributed by atoms with Crippen molar-refractivity contribution in [2.45, 2.75) is 19.8 Å². The second-order valence-corrected chi connectivity index (χ2v) is 6.69. The number of hydrogen-bond donors (Lipinski definition) is 2. The second kappa shape index (κ2) is 7.95. The van der Waals surface area contributed by atoms with Crippen LogP contribution in [0.4, 0.5) is 0 Å². The van der Waals surface area contributed by atoms with Crippen molar-refractivity contribution in [3.63, 3.8) is 0 Å². The van der Waals surface area contributed by atoms with Crippen LogP contribution in [0.1, 0.15) is 35.7 Å². The Hall–Kier alpha value is -3.28. The minimum atomic E-state index is -0.432. The molecule has 3 rings (SSSR count). The van der Waals surface area contributed by atoms with Crippen LogP contribution in [-0.2, 0) is 11.8 Å². The zero-order valence-electron chi connectivity index (χ0n) is 15.7. The summed E-state index contributed by atoms with van der Waals surface area (Å²) < 4.78 is 7.38. The third kappa shape index (κ3) is 4.28. The van der Waals surface area contributed by atoms with Crippen molar-refractivity contribution in [3.05, 3.63) is 65.9 Å². The lowest BCUT2D eigenvalue weighted by molar-refractivity contribution is -0.123. The van der Waals surface area contributed by atoms with Crippen molar-refractivity contribution in [1.29, 1.82) is 0 Å². The maximum absolute atomic E-state index is 12.4. The quantitative estimate of drug-likeness (QED) is 0.682. The van der Waals surface area contributed by atoms with Crippen molar-refractivity contribution < 1.29 is 14.3 Å². The van der Waals surface area contributed by atoms with Gasteiger partial charge < -0.3 is 9.30 Å². The van der Waals surface area contributed by atoms with E-state index in [-0.39, 0.29) is 12.5 Å². The number of amides is 2. The van der Waals surface area contributed by atoms with Gasteiger partial charge in [-0.25, -0.2) is 0 Å². The summed E-state index contributed by atoms with van der Waals surface area (Å²) in [5.41, 5.74) is 7.41. The first-order chi connectivity index (χ1) is 13.0. The lowest BCUT2D eigenvalue weighted by atomic mass is 10.0. The Morgan fingerprint density at radius 1 is 1.07 bits per heavy atom. The smallest absolute Gasteiger partial charge is 0.276 e. The molecule has 0 unspecified atom stereocenters. The number of ether oxygens (including phenoxy) is 1. The van der Waals surface area contributed by atoms with E-state index in [0.717, 1.165) is 16.5 Å². The number of aromatic nitrogens is 1. The first kappa shape index (κ1) is 18.5. The van der Waals surface area contributed by atoms with Crippen molar-refractivity contribution in [1.82, 2.24) is 15.4 Å². The molecule has 2 aromatic carbocycles. The monoisotopic (exact) mass is 365 g/mol. The Morgan fingerprint density at radius 3 is 2.63 bits per heavy atom. The third-order valence-electron chi connectivity index (χ3n) is 4.35. The Morgan fingerprint density at radius 2 is 1.85 bits per heavy atom. The summed E-state index contributed by atoms with van der Waals surface area (Å²) in [6.07, 6.45) is 1.74. The van der Waals surface area contributed by atoms with Crippen LogP contribution in [0.2, 0.25) is 0 Å². The number of fused-ring (bicyclic) bond motifs is 1. The molecular weight excluding hydrogens is 342 g/mol. The van der Waals surface area contributed by atoms with Gasteiger partial charge in [0.15, 0.2) is 6.61 Å². The molecule has 0 aliphatic carbocycles. The number of nitrogens with one attached hydrogen (secondary N) is 2. The molecule has 0 radical (unpaired) electrons. The number of rotatable bonds is 5. The van der Waals surface area contributed by atoms with Crippen LogP contribution in [0, 0.1) is 0 Å². The van der Waals surface area contributed by atoms with Gasteiger partial charge in [0.1, 0.15) is 5.75 Å². The molecule has 6 heteroatoms. The van der Waals surface area contributed by atoms with Crippen LogP contribution in [-0.4, -0.2) is 23.0 Å². The zero-order chi connectivity index (χ0) is 19.4. The minimum absolute atomic E-state index is 0.183. The normalized spacial score (nSPS) is 10.8. The Balaban J connectivity index is 1.56. The molecule has 0 aliphatic heterocycles. The average molecular weight is 365 g/mol. The molecule has 3 aromatic rings. The lowest BCUT2D eigenvalue weighted by Crippen LogP contribution is -2.43. The Kier molecular flexibility index (Phi) is 5.45. The molecule has 140 valence electrons. The number of nitrogens with zero attached hydrogens (tertiary/aromatic N) is 1. The van der Waals surface area contributed by atoms with E-state index in [1.165, 1.54) is 0 Å². The molecule has 0 atom stereocenters. The molecule has 1 aromatic heterocycles. The van der Waals surface area contributed by atoms with E-state index in [0.29, 0.717) is 17.2 Å². The topological polar surface area (TPSA) is 72.4 Å². The molecule has 0 aliphatic rings. The SMILES string of the molecule is CC(C)c1cccc(OCC(=O)NNC(=O)c2cn(C)c3ccccc23)c1. The van der Waals surface area contributed by atoms with E-state index in [1.807, 2.05) is 54.1 Å². The molecule has 2 N–H and O–H groups in total. The summed E-state index contributed by atoms with van der Waals surface area (Å²) in [6.45, 7) is 4.00. The third-order valence-corrected chi connectivity index (χ3v) is 4.35. The number of carbonyl (C=O) groups is 2. The van der Waals surface area contributed by atoms with E-state index < -0.39 is 5.91 Å². The standard InChI is InChI=1S/C21H23N3O3/c1-14(2)15-7-6-8-16(11-15)27-13-20(25)22-23-21(26)18-12-24(3)19-10-5-4-9-17(18)19/h4-12,14H,13H2,1-3H3,(H,22,25)(H,23,26). The molecule has 1 heterocycles. The van der Waals surface area contributed by atoms with Gasteiger partial charge in [-0.1, -0.05) is 44.2 Å². The number of para-hydroxylation sites is 1. The Labute approximate surface area is 158 Å². The molecular formula is C21H23N3O3. The molecule has 27 heavy (non-hydrogen) atoms. The van der Waals surface area contributed by atoms with E-state index in [2.05, 4.69) is 24.7 Å².